The highest BCUT2D eigenvalue weighted by atomic mass is 19.1. The largest absolute Gasteiger partial charge is 0.379 e. The average Bonchev–Trinajstić information content (AvgIpc) is 3.09. The van der Waals surface area contributed by atoms with Gasteiger partial charge >= 0.3 is 0 Å². The average molecular weight is 275 g/mol. The number of benzene rings is 1. The fraction of sp³-hybridized carbons (Fsp3) is 0.533. The Balaban J connectivity index is 1.99. The van der Waals surface area contributed by atoms with Gasteiger partial charge in [0.15, 0.2) is 5.82 Å². The molecule has 2 fully saturated rings. The molecule has 0 radical (unpaired) electrons. The molecule has 2 unspecified atom stereocenters. The van der Waals surface area contributed by atoms with E-state index < -0.39 is 0 Å². The normalized spacial score (nSPS) is 30.2. The van der Waals surface area contributed by atoms with Crippen molar-refractivity contribution in [2.45, 2.75) is 37.3 Å². The topological polar surface area (TPSA) is 53.1 Å². The van der Waals surface area contributed by atoms with Crippen molar-refractivity contribution in [2.75, 3.05) is 13.2 Å². The summed E-state index contributed by atoms with van der Waals surface area (Å²) >= 11 is 0. The van der Waals surface area contributed by atoms with Crippen molar-refractivity contribution >= 4 is 11.0 Å². The van der Waals surface area contributed by atoms with Crippen LogP contribution in [0.1, 0.15) is 31.6 Å². The Hall–Kier alpha value is -1.46. The molecule has 2 aromatic rings. The molecule has 20 heavy (non-hydrogen) atoms. The number of aromatic nitrogens is 2. The summed E-state index contributed by atoms with van der Waals surface area (Å²) in [6, 6.07) is 5.48. The van der Waals surface area contributed by atoms with Crippen LogP contribution in [-0.2, 0) is 10.2 Å². The van der Waals surface area contributed by atoms with Crippen LogP contribution in [0.15, 0.2) is 18.2 Å². The van der Waals surface area contributed by atoms with Crippen molar-refractivity contribution in [2.24, 2.45) is 5.73 Å². The summed E-state index contributed by atoms with van der Waals surface area (Å²) in [5.41, 5.74) is 7.21. The third-order valence-corrected chi connectivity index (χ3v) is 4.61. The summed E-state index contributed by atoms with van der Waals surface area (Å²) in [6.07, 6.45) is 2.25. The van der Waals surface area contributed by atoms with Crippen molar-refractivity contribution in [3.63, 3.8) is 0 Å². The number of halogens is 1. The summed E-state index contributed by atoms with van der Waals surface area (Å²) in [5, 5.41) is 0. The number of hydrogen-bond donors (Lipinski definition) is 1. The molecule has 2 aliphatic rings. The zero-order chi connectivity index (χ0) is 13.9. The number of rotatable bonds is 2. The second kappa shape index (κ2) is 4.02. The molecule has 0 amide bonds. The van der Waals surface area contributed by atoms with E-state index in [-0.39, 0.29) is 17.3 Å². The third kappa shape index (κ3) is 1.56. The van der Waals surface area contributed by atoms with Crippen molar-refractivity contribution < 1.29 is 9.13 Å². The van der Waals surface area contributed by atoms with Gasteiger partial charge in [-0.3, -0.25) is 0 Å². The van der Waals surface area contributed by atoms with E-state index in [1.165, 1.54) is 6.07 Å². The van der Waals surface area contributed by atoms with Crippen LogP contribution in [0.2, 0.25) is 0 Å². The minimum atomic E-state index is -0.339. The molecule has 0 spiro atoms. The molecule has 1 aromatic heterocycles. The quantitative estimate of drug-likeness (QED) is 0.913. The second-order valence-electron chi connectivity index (χ2n) is 6.18. The molecule has 106 valence electrons. The highest BCUT2D eigenvalue weighted by Gasteiger charge is 2.45. The number of fused-ring (bicyclic) bond motifs is 1. The van der Waals surface area contributed by atoms with Crippen molar-refractivity contribution in [1.82, 2.24) is 9.55 Å². The number of nitrogens with two attached hydrogens (primary N) is 1. The molecule has 4 rings (SSSR count). The lowest BCUT2D eigenvalue weighted by Crippen LogP contribution is -2.43. The van der Waals surface area contributed by atoms with E-state index in [2.05, 4.69) is 16.5 Å². The molecule has 1 aromatic carbocycles. The van der Waals surface area contributed by atoms with Gasteiger partial charge in [-0.2, -0.15) is 0 Å². The summed E-state index contributed by atoms with van der Waals surface area (Å²) < 4.78 is 21.8. The van der Waals surface area contributed by atoms with Gasteiger partial charge in [0.2, 0.25) is 0 Å². The summed E-state index contributed by atoms with van der Waals surface area (Å²) in [6.45, 7) is 3.15. The molecule has 1 saturated carbocycles. The molecule has 1 aliphatic carbocycles. The summed E-state index contributed by atoms with van der Waals surface area (Å²) in [7, 11) is 0. The van der Waals surface area contributed by atoms with Crippen molar-refractivity contribution in [3.05, 3.63) is 29.8 Å². The van der Waals surface area contributed by atoms with Crippen LogP contribution in [0.5, 0.6) is 0 Å². The van der Waals surface area contributed by atoms with Crippen LogP contribution in [0.3, 0.4) is 0 Å². The van der Waals surface area contributed by atoms with Crippen LogP contribution < -0.4 is 5.73 Å². The maximum atomic E-state index is 14.0. The van der Waals surface area contributed by atoms with Crippen molar-refractivity contribution in [1.29, 1.82) is 0 Å². The zero-order valence-electron chi connectivity index (χ0n) is 11.5. The number of para-hydroxylation sites is 1. The third-order valence-electron chi connectivity index (χ3n) is 4.61. The molecular weight excluding hydrogens is 257 g/mol. The first kappa shape index (κ1) is 12.3. The fourth-order valence-electron chi connectivity index (χ4n) is 3.11. The Labute approximate surface area is 116 Å². The Morgan fingerprint density at radius 1 is 1.45 bits per heavy atom. The molecule has 1 saturated heterocycles. The van der Waals surface area contributed by atoms with Crippen molar-refractivity contribution in [3.8, 4) is 0 Å². The number of nitrogens with zero attached hydrogens (tertiary/aromatic N) is 2. The molecule has 2 atom stereocenters. The molecule has 1 aliphatic heterocycles. The maximum Gasteiger partial charge on any atom is 0.151 e. The first-order chi connectivity index (χ1) is 9.61. The highest BCUT2D eigenvalue weighted by molar-refractivity contribution is 5.77. The molecule has 2 N–H and O–H groups in total. The van der Waals surface area contributed by atoms with E-state index in [1.54, 1.807) is 6.07 Å². The van der Waals surface area contributed by atoms with Crippen LogP contribution in [0, 0.1) is 5.82 Å². The smallest absolute Gasteiger partial charge is 0.151 e. The maximum absolute atomic E-state index is 14.0. The van der Waals surface area contributed by atoms with Crippen LogP contribution in [0.25, 0.3) is 11.0 Å². The van der Waals surface area contributed by atoms with Crippen LogP contribution >= 0.6 is 0 Å². The van der Waals surface area contributed by atoms with Gasteiger partial charge in [0, 0.05) is 12.1 Å². The highest BCUT2D eigenvalue weighted by Crippen LogP contribution is 2.43. The molecule has 0 bridgehead atoms. The van der Waals surface area contributed by atoms with Gasteiger partial charge in [-0.25, -0.2) is 9.37 Å². The van der Waals surface area contributed by atoms with Crippen LogP contribution in [0.4, 0.5) is 4.39 Å². The van der Waals surface area contributed by atoms with Gasteiger partial charge in [0.25, 0.3) is 0 Å². The number of hydrogen-bond acceptors (Lipinski definition) is 3. The lowest BCUT2D eigenvalue weighted by atomic mass is 9.85. The first-order valence-electron chi connectivity index (χ1n) is 7.11. The van der Waals surface area contributed by atoms with Gasteiger partial charge in [-0.1, -0.05) is 6.07 Å². The van der Waals surface area contributed by atoms with E-state index in [4.69, 9.17) is 10.5 Å². The minimum absolute atomic E-state index is 0.0973. The van der Waals surface area contributed by atoms with Crippen LogP contribution in [-0.4, -0.2) is 28.8 Å². The Kier molecular flexibility index (Phi) is 2.47. The lowest BCUT2D eigenvalue weighted by Gasteiger charge is -2.27. The Morgan fingerprint density at radius 2 is 2.25 bits per heavy atom. The summed E-state index contributed by atoms with van der Waals surface area (Å²) in [5.74, 6) is 0.615. The van der Waals surface area contributed by atoms with E-state index in [1.807, 2.05) is 6.07 Å². The van der Waals surface area contributed by atoms with Gasteiger partial charge in [-0.15, -0.1) is 0 Å². The second-order valence-corrected chi connectivity index (χ2v) is 6.18. The Morgan fingerprint density at radius 3 is 2.90 bits per heavy atom. The minimum Gasteiger partial charge on any atom is -0.379 e. The molecule has 4 nitrogen and oxygen atoms in total. The van der Waals surface area contributed by atoms with Gasteiger partial charge < -0.3 is 15.0 Å². The first-order valence-corrected chi connectivity index (χ1v) is 7.11. The van der Waals surface area contributed by atoms with E-state index in [9.17, 15) is 4.39 Å². The Bertz CT molecular complexity index is 679. The molecule has 2 heterocycles. The summed E-state index contributed by atoms with van der Waals surface area (Å²) in [4.78, 5) is 4.61. The number of imidazole rings is 1. The molecule has 5 heteroatoms. The lowest BCUT2D eigenvalue weighted by molar-refractivity contribution is 0.177. The van der Waals surface area contributed by atoms with E-state index in [0.29, 0.717) is 24.8 Å². The number of ether oxygens (including phenoxy) is 1. The fourth-order valence-corrected chi connectivity index (χ4v) is 3.11. The van der Waals surface area contributed by atoms with E-state index in [0.717, 1.165) is 24.2 Å². The van der Waals surface area contributed by atoms with E-state index >= 15 is 0 Å². The van der Waals surface area contributed by atoms with Gasteiger partial charge in [0.1, 0.15) is 11.3 Å². The zero-order valence-corrected chi connectivity index (χ0v) is 11.5. The molecular formula is C15H18FN3O. The van der Waals surface area contributed by atoms with Gasteiger partial charge in [-0.05, 0) is 31.9 Å². The monoisotopic (exact) mass is 275 g/mol. The predicted octanol–water partition coefficient (Wildman–Crippen LogP) is 2.13. The standard InChI is InChI=1S/C15H18FN3O/c1-15(8-20-7-12(15)17)14-18-13-10(16)3-2-4-11(13)19(14)9-5-6-9/h2-4,9,12H,5-8,17H2,1H3. The SMILES string of the molecule is CC1(c2nc3c(F)cccc3n2C2CC2)COCC1N. The predicted molar refractivity (Wildman–Crippen MR) is 74.1 cm³/mol. The van der Waals surface area contributed by atoms with Gasteiger partial charge in [0.05, 0.1) is 24.1 Å².